The van der Waals surface area contributed by atoms with Crippen LogP contribution in [0, 0.1) is 0 Å². The van der Waals surface area contributed by atoms with E-state index in [9.17, 15) is 10.2 Å². The van der Waals surface area contributed by atoms with Crippen molar-refractivity contribution in [3.05, 3.63) is 12.2 Å². The lowest BCUT2D eigenvalue weighted by Crippen LogP contribution is -2.55. The lowest BCUT2D eigenvalue weighted by Gasteiger charge is -2.36. The van der Waals surface area contributed by atoms with Gasteiger partial charge in [0, 0.05) is 6.61 Å². The molecule has 0 unspecified atom stereocenters. The Hall–Kier alpha value is -0.460. The van der Waals surface area contributed by atoms with Crippen molar-refractivity contribution in [2.75, 3.05) is 19.8 Å². The number of aliphatic hydroxyl groups is 3. The molecule has 1 aliphatic heterocycles. The molecule has 5 nitrogen and oxygen atoms in total. The Labute approximate surface area is 191 Å². The molecule has 0 saturated carbocycles. The van der Waals surface area contributed by atoms with E-state index < -0.39 is 24.4 Å². The fourth-order valence-corrected chi connectivity index (χ4v) is 4.10. The van der Waals surface area contributed by atoms with Gasteiger partial charge in [-0.15, -0.1) is 0 Å². The molecule has 5 heteroatoms. The van der Waals surface area contributed by atoms with Crippen LogP contribution in [-0.2, 0) is 9.47 Å². The number of aliphatic hydroxyl groups excluding tert-OH is 3. The Kier molecular flexibility index (Phi) is 18.6. The van der Waals surface area contributed by atoms with Crippen molar-refractivity contribution < 1.29 is 24.8 Å². The smallest absolute Gasteiger partial charge is 0.111 e. The van der Waals surface area contributed by atoms with Crippen molar-refractivity contribution in [1.82, 2.24) is 0 Å². The number of hydrogen-bond acceptors (Lipinski definition) is 5. The number of ether oxygens (including phenoxy) is 2. The fraction of sp³-hybridized carbons (Fsp3) is 0.923. The highest BCUT2D eigenvalue weighted by Crippen LogP contribution is 2.18. The van der Waals surface area contributed by atoms with E-state index in [0.717, 1.165) is 19.3 Å². The van der Waals surface area contributed by atoms with Gasteiger partial charge in [-0.2, -0.15) is 0 Å². The molecule has 0 radical (unpaired) electrons. The highest BCUT2D eigenvalue weighted by molar-refractivity contribution is 4.87. The van der Waals surface area contributed by atoms with Crippen LogP contribution in [0.3, 0.4) is 0 Å². The van der Waals surface area contributed by atoms with Crippen LogP contribution in [0.2, 0.25) is 0 Å². The summed E-state index contributed by atoms with van der Waals surface area (Å²) in [5, 5.41) is 28.9. The Morgan fingerprint density at radius 3 is 1.81 bits per heavy atom. The van der Waals surface area contributed by atoms with Crippen molar-refractivity contribution in [3.8, 4) is 0 Å². The largest absolute Gasteiger partial charge is 0.394 e. The highest BCUT2D eigenvalue weighted by Gasteiger charge is 2.38. The minimum Gasteiger partial charge on any atom is -0.394 e. The first kappa shape index (κ1) is 28.6. The van der Waals surface area contributed by atoms with Crippen LogP contribution in [0.1, 0.15) is 110 Å². The van der Waals surface area contributed by atoms with Crippen molar-refractivity contribution in [1.29, 1.82) is 0 Å². The molecule has 0 aromatic carbocycles. The number of allylic oxidation sites excluding steroid dienone is 2. The van der Waals surface area contributed by atoms with Gasteiger partial charge in [0.25, 0.3) is 0 Å². The van der Waals surface area contributed by atoms with Crippen LogP contribution in [0.5, 0.6) is 0 Å². The lowest BCUT2D eigenvalue weighted by molar-refractivity contribution is -0.208. The molecule has 0 aliphatic carbocycles. The van der Waals surface area contributed by atoms with Gasteiger partial charge in [-0.25, -0.2) is 0 Å². The Morgan fingerprint density at radius 1 is 0.742 bits per heavy atom. The van der Waals surface area contributed by atoms with Crippen LogP contribution in [0.4, 0.5) is 0 Å². The number of unbranched alkanes of at least 4 members (excludes halogenated alkanes) is 14. The van der Waals surface area contributed by atoms with Gasteiger partial charge in [-0.3, -0.25) is 0 Å². The molecule has 0 amide bonds. The maximum atomic E-state index is 10.0. The van der Waals surface area contributed by atoms with Gasteiger partial charge in [0.05, 0.1) is 13.2 Å². The first-order chi connectivity index (χ1) is 15.2. The molecule has 4 atom stereocenters. The molecule has 3 N–H and O–H groups in total. The SMILES string of the molecule is CCCCCCCCCCCCCC/C=C/CCCCO[C@@H]1CO[C@@H](CO)[C@H](O)[C@H]1O. The first-order valence-electron chi connectivity index (χ1n) is 13.1. The molecule has 1 aliphatic rings. The number of hydrogen-bond donors (Lipinski definition) is 3. The second kappa shape index (κ2) is 20.2. The summed E-state index contributed by atoms with van der Waals surface area (Å²) in [5.74, 6) is 0. The molecule has 1 fully saturated rings. The molecule has 0 aromatic rings. The van der Waals surface area contributed by atoms with Gasteiger partial charge in [0.15, 0.2) is 0 Å². The summed E-state index contributed by atoms with van der Waals surface area (Å²) in [6.45, 7) is 2.74. The Bertz CT molecular complexity index is 415. The van der Waals surface area contributed by atoms with E-state index in [4.69, 9.17) is 14.6 Å². The summed E-state index contributed by atoms with van der Waals surface area (Å²) >= 11 is 0. The Balaban J connectivity index is 1.82. The third-order valence-corrected chi connectivity index (χ3v) is 6.25. The molecule has 0 aromatic heterocycles. The minimum atomic E-state index is -1.09. The van der Waals surface area contributed by atoms with Crippen LogP contribution >= 0.6 is 0 Å². The van der Waals surface area contributed by atoms with Gasteiger partial charge in [0.2, 0.25) is 0 Å². The summed E-state index contributed by atoms with van der Waals surface area (Å²) in [6, 6.07) is 0. The van der Waals surface area contributed by atoms with E-state index in [1.165, 1.54) is 83.5 Å². The quantitative estimate of drug-likeness (QED) is 0.176. The molecule has 0 spiro atoms. The monoisotopic (exact) mass is 442 g/mol. The fourth-order valence-electron chi connectivity index (χ4n) is 4.10. The first-order valence-corrected chi connectivity index (χ1v) is 13.1. The van der Waals surface area contributed by atoms with Gasteiger partial charge in [-0.1, -0.05) is 89.7 Å². The van der Waals surface area contributed by atoms with E-state index >= 15 is 0 Å². The average molecular weight is 443 g/mol. The van der Waals surface area contributed by atoms with Crippen molar-refractivity contribution in [2.24, 2.45) is 0 Å². The van der Waals surface area contributed by atoms with Gasteiger partial charge >= 0.3 is 0 Å². The summed E-state index contributed by atoms with van der Waals surface area (Å²) in [7, 11) is 0. The molecule has 31 heavy (non-hydrogen) atoms. The normalized spacial score (nSPS) is 24.3. The molecule has 1 rings (SSSR count). The van der Waals surface area contributed by atoms with Crippen LogP contribution in [-0.4, -0.2) is 59.6 Å². The van der Waals surface area contributed by atoms with Gasteiger partial charge in [0.1, 0.15) is 24.4 Å². The van der Waals surface area contributed by atoms with Gasteiger partial charge < -0.3 is 24.8 Å². The van der Waals surface area contributed by atoms with Crippen molar-refractivity contribution in [2.45, 2.75) is 134 Å². The van der Waals surface area contributed by atoms with E-state index in [2.05, 4.69) is 19.1 Å². The lowest BCUT2D eigenvalue weighted by atomic mass is 10.0. The maximum absolute atomic E-state index is 10.0. The summed E-state index contributed by atoms with van der Waals surface area (Å²) < 4.78 is 11.0. The summed E-state index contributed by atoms with van der Waals surface area (Å²) in [6.07, 6.45) is 22.2. The zero-order valence-electron chi connectivity index (χ0n) is 20.1. The zero-order chi connectivity index (χ0) is 22.6. The van der Waals surface area contributed by atoms with Crippen molar-refractivity contribution >= 4 is 0 Å². The van der Waals surface area contributed by atoms with E-state index in [0.29, 0.717) is 6.61 Å². The van der Waals surface area contributed by atoms with Crippen molar-refractivity contribution in [3.63, 3.8) is 0 Å². The van der Waals surface area contributed by atoms with E-state index in [-0.39, 0.29) is 13.2 Å². The highest BCUT2D eigenvalue weighted by atomic mass is 16.6. The maximum Gasteiger partial charge on any atom is 0.111 e. The molecule has 184 valence electrons. The predicted molar refractivity (Wildman–Crippen MR) is 127 cm³/mol. The van der Waals surface area contributed by atoms with Crippen LogP contribution < -0.4 is 0 Å². The standard InChI is InChI=1S/C26H50O5/c1-2-3-4-5-6-7-8-9-10-11-12-13-14-15-16-17-18-19-20-30-24-22-31-23(21-27)25(28)26(24)29/h15-16,23-29H,2-14,17-22H2,1H3/b16-15+/t23-,24+,25-,26-/m0/s1. The zero-order valence-corrected chi connectivity index (χ0v) is 20.1. The predicted octanol–water partition coefficient (Wildman–Crippen LogP) is 5.30. The third-order valence-electron chi connectivity index (χ3n) is 6.25. The molecule has 0 bridgehead atoms. The topological polar surface area (TPSA) is 79.2 Å². The average Bonchev–Trinajstić information content (AvgIpc) is 2.78. The van der Waals surface area contributed by atoms with E-state index in [1.807, 2.05) is 0 Å². The second-order valence-corrected chi connectivity index (χ2v) is 9.09. The Morgan fingerprint density at radius 2 is 1.26 bits per heavy atom. The molecular weight excluding hydrogens is 392 g/mol. The summed E-state index contributed by atoms with van der Waals surface area (Å²) in [4.78, 5) is 0. The van der Waals surface area contributed by atoms with Crippen LogP contribution in [0.25, 0.3) is 0 Å². The summed E-state index contributed by atoms with van der Waals surface area (Å²) in [5.41, 5.74) is 0. The second-order valence-electron chi connectivity index (χ2n) is 9.09. The van der Waals surface area contributed by atoms with E-state index in [1.54, 1.807) is 0 Å². The third kappa shape index (κ3) is 14.3. The number of rotatable bonds is 20. The molecule has 1 saturated heterocycles. The molecular formula is C26H50O5. The van der Waals surface area contributed by atoms with Gasteiger partial charge in [-0.05, 0) is 32.1 Å². The minimum absolute atomic E-state index is 0.211. The molecule has 1 heterocycles. The van der Waals surface area contributed by atoms with Crippen LogP contribution in [0.15, 0.2) is 12.2 Å².